The first-order chi connectivity index (χ1) is 7.25. The highest BCUT2D eigenvalue weighted by atomic mass is 32.1. The van der Waals surface area contributed by atoms with Gasteiger partial charge in [-0.2, -0.15) is 0 Å². The Morgan fingerprint density at radius 3 is 3.07 bits per heavy atom. The first-order valence-corrected chi connectivity index (χ1v) is 5.76. The fourth-order valence-corrected chi connectivity index (χ4v) is 2.13. The summed E-state index contributed by atoms with van der Waals surface area (Å²) in [5, 5.41) is 6.60. The zero-order valence-corrected chi connectivity index (χ0v) is 9.64. The second kappa shape index (κ2) is 4.55. The van der Waals surface area contributed by atoms with Gasteiger partial charge in [0.1, 0.15) is 5.01 Å². The van der Waals surface area contributed by atoms with E-state index in [0.717, 1.165) is 22.9 Å². The number of aromatic amines is 1. The third-order valence-corrected chi connectivity index (χ3v) is 3.31. The van der Waals surface area contributed by atoms with Gasteiger partial charge in [-0.25, -0.2) is 9.97 Å². The molecule has 1 atom stereocenters. The van der Waals surface area contributed by atoms with Crippen LogP contribution < -0.4 is 5.32 Å². The standard InChI is InChI=1S/C10H14N4S/c1-7-5-15-10(14-7)8(2)12-4-9-3-11-6-13-9/h3,5-6,8,12H,4H2,1-2H3,(H,11,13). The number of hydrogen-bond donors (Lipinski definition) is 2. The van der Waals surface area contributed by atoms with E-state index in [1.165, 1.54) is 0 Å². The Bertz CT molecular complexity index is 407. The van der Waals surface area contributed by atoms with Gasteiger partial charge >= 0.3 is 0 Å². The van der Waals surface area contributed by atoms with E-state index in [1.807, 2.05) is 13.1 Å². The minimum Gasteiger partial charge on any atom is -0.347 e. The van der Waals surface area contributed by atoms with Gasteiger partial charge in [0.2, 0.25) is 0 Å². The first kappa shape index (κ1) is 10.3. The molecule has 1 unspecified atom stereocenters. The smallest absolute Gasteiger partial charge is 0.110 e. The van der Waals surface area contributed by atoms with Crippen LogP contribution in [0.2, 0.25) is 0 Å². The summed E-state index contributed by atoms with van der Waals surface area (Å²) >= 11 is 1.70. The van der Waals surface area contributed by atoms with Crippen molar-refractivity contribution in [3.05, 3.63) is 34.3 Å². The molecule has 0 spiro atoms. The molecule has 0 bridgehead atoms. The van der Waals surface area contributed by atoms with Gasteiger partial charge in [0, 0.05) is 29.5 Å². The van der Waals surface area contributed by atoms with Crippen molar-refractivity contribution >= 4 is 11.3 Å². The number of nitrogens with zero attached hydrogens (tertiary/aromatic N) is 2. The van der Waals surface area contributed by atoms with E-state index in [9.17, 15) is 0 Å². The molecule has 2 aromatic heterocycles. The molecule has 0 radical (unpaired) electrons. The van der Waals surface area contributed by atoms with Crippen LogP contribution in [-0.4, -0.2) is 15.0 Å². The van der Waals surface area contributed by atoms with E-state index in [-0.39, 0.29) is 6.04 Å². The monoisotopic (exact) mass is 222 g/mol. The van der Waals surface area contributed by atoms with Gasteiger partial charge in [-0.15, -0.1) is 11.3 Å². The van der Waals surface area contributed by atoms with E-state index < -0.39 is 0 Å². The molecule has 2 rings (SSSR count). The first-order valence-electron chi connectivity index (χ1n) is 4.88. The predicted molar refractivity (Wildman–Crippen MR) is 60.7 cm³/mol. The predicted octanol–water partition coefficient (Wildman–Crippen LogP) is 2.03. The van der Waals surface area contributed by atoms with Gasteiger partial charge in [0.05, 0.1) is 12.4 Å². The lowest BCUT2D eigenvalue weighted by Gasteiger charge is -2.09. The number of thiazole rings is 1. The quantitative estimate of drug-likeness (QED) is 0.832. The molecule has 0 aromatic carbocycles. The van der Waals surface area contributed by atoms with Gasteiger partial charge < -0.3 is 10.3 Å². The van der Waals surface area contributed by atoms with Crippen LogP contribution in [0.25, 0.3) is 0 Å². The van der Waals surface area contributed by atoms with E-state index in [2.05, 4.69) is 32.6 Å². The molecular weight excluding hydrogens is 208 g/mol. The average molecular weight is 222 g/mol. The highest BCUT2D eigenvalue weighted by Gasteiger charge is 2.08. The Balaban J connectivity index is 1.90. The molecule has 80 valence electrons. The highest BCUT2D eigenvalue weighted by Crippen LogP contribution is 2.17. The van der Waals surface area contributed by atoms with Crippen LogP contribution in [0, 0.1) is 6.92 Å². The average Bonchev–Trinajstić information content (AvgIpc) is 2.84. The van der Waals surface area contributed by atoms with Gasteiger partial charge in [-0.05, 0) is 13.8 Å². The van der Waals surface area contributed by atoms with Crippen molar-refractivity contribution in [3.63, 3.8) is 0 Å². The van der Waals surface area contributed by atoms with E-state index in [0.29, 0.717) is 0 Å². The molecule has 4 nitrogen and oxygen atoms in total. The third-order valence-electron chi connectivity index (χ3n) is 2.16. The van der Waals surface area contributed by atoms with Crippen molar-refractivity contribution in [3.8, 4) is 0 Å². The summed E-state index contributed by atoms with van der Waals surface area (Å²) in [6, 6.07) is 0.284. The van der Waals surface area contributed by atoms with Crippen molar-refractivity contribution in [1.29, 1.82) is 0 Å². The van der Waals surface area contributed by atoms with E-state index in [1.54, 1.807) is 17.7 Å². The lowest BCUT2D eigenvalue weighted by atomic mass is 10.3. The van der Waals surface area contributed by atoms with Crippen molar-refractivity contribution in [2.75, 3.05) is 0 Å². The largest absolute Gasteiger partial charge is 0.347 e. The third kappa shape index (κ3) is 2.64. The van der Waals surface area contributed by atoms with E-state index in [4.69, 9.17) is 0 Å². The van der Waals surface area contributed by atoms with Crippen molar-refractivity contribution < 1.29 is 0 Å². The number of hydrogen-bond acceptors (Lipinski definition) is 4. The number of aryl methyl sites for hydroxylation is 1. The fourth-order valence-electron chi connectivity index (χ4n) is 1.30. The molecule has 2 heterocycles. The summed E-state index contributed by atoms with van der Waals surface area (Å²) in [6.07, 6.45) is 3.52. The maximum absolute atomic E-state index is 4.44. The van der Waals surface area contributed by atoms with Crippen LogP contribution in [0.4, 0.5) is 0 Å². The van der Waals surface area contributed by atoms with Crippen LogP contribution in [0.5, 0.6) is 0 Å². The normalized spacial score (nSPS) is 12.9. The molecule has 0 aliphatic carbocycles. The fraction of sp³-hybridized carbons (Fsp3) is 0.400. The summed E-state index contributed by atoms with van der Waals surface area (Å²) in [6.45, 7) is 4.93. The van der Waals surface area contributed by atoms with Crippen LogP contribution in [-0.2, 0) is 6.54 Å². The van der Waals surface area contributed by atoms with Crippen LogP contribution >= 0.6 is 11.3 Å². The molecule has 2 aromatic rings. The molecule has 2 N–H and O–H groups in total. The number of aromatic nitrogens is 3. The highest BCUT2D eigenvalue weighted by molar-refractivity contribution is 7.09. The topological polar surface area (TPSA) is 53.6 Å². The summed E-state index contributed by atoms with van der Waals surface area (Å²) in [4.78, 5) is 11.5. The molecule has 5 heteroatoms. The maximum atomic E-state index is 4.44. The van der Waals surface area contributed by atoms with Crippen molar-refractivity contribution in [2.45, 2.75) is 26.4 Å². The summed E-state index contributed by atoms with van der Waals surface area (Å²) in [5.74, 6) is 0. The number of nitrogens with one attached hydrogen (secondary N) is 2. The van der Waals surface area contributed by atoms with Gasteiger partial charge in [-0.3, -0.25) is 0 Å². The van der Waals surface area contributed by atoms with Crippen molar-refractivity contribution in [2.24, 2.45) is 0 Å². The minimum absolute atomic E-state index is 0.284. The molecular formula is C10H14N4S. The Kier molecular flexibility index (Phi) is 3.13. The Hall–Kier alpha value is -1.20. The molecule has 0 aliphatic heterocycles. The lowest BCUT2D eigenvalue weighted by Crippen LogP contribution is -2.18. The summed E-state index contributed by atoms with van der Waals surface area (Å²) in [5.41, 5.74) is 2.18. The Labute approximate surface area is 92.8 Å². The van der Waals surface area contributed by atoms with Gasteiger partial charge in [0.25, 0.3) is 0 Å². The second-order valence-corrected chi connectivity index (χ2v) is 4.40. The molecule has 0 fully saturated rings. The Morgan fingerprint density at radius 1 is 1.60 bits per heavy atom. The number of rotatable bonds is 4. The molecule has 0 saturated carbocycles. The van der Waals surface area contributed by atoms with E-state index >= 15 is 0 Å². The lowest BCUT2D eigenvalue weighted by molar-refractivity contribution is 0.565. The van der Waals surface area contributed by atoms with Crippen LogP contribution in [0.15, 0.2) is 17.9 Å². The minimum atomic E-state index is 0.284. The summed E-state index contributed by atoms with van der Waals surface area (Å²) < 4.78 is 0. The zero-order chi connectivity index (χ0) is 10.7. The molecule has 0 amide bonds. The summed E-state index contributed by atoms with van der Waals surface area (Å²) in [7, 11) is 0. The van der Waals surface area contributed by atoms with Crippen molar-refractivity contribution in [1.82, 2.24) is 20.3 Å². The molecule has 15 heavy (non-hydrogen) atoms. The SMILES string of the molecule is Cc1csc(C(C)NCc2cnc[nH]2)n1. The van der Waals surface area contributed by atoms with Crippen LogP contribution in [0.3, 0.4) is 0 Å². The number of H-pyrrole nitrogens is 1. The van der Waals surface area contributed by atoms with Gasteiger partial charge in [-0.1, -0.05) is 0 Å². The molecule has 0 saturated heterocycles. The van der Waals surface area contributed by atoms with Gasteiger partial charge in [0.15, 0.2) is 0 Å². The number of imidazole rings is 1. The Morgan fingerprint density at radius 2 is 2.47 bits per heavy atom. The second-order valence-electron chi connectivity index (χ2n) is 3.51. The van der Waals surface area contributed by atoms with Crippen LogP contribution in [0.1, 0.15) is 29.4 Å². The maximum Gasteiger partial charge on any atom is 0.110 e. The zero-order valence-electron chi connectivity index (χ0n) is 8.82. The molecule has 0 aliphatic rings.